The predicted octanol–water partition coefficient (Wildman–Crippen LogP) is 3.28. The third-order valence-electron chi connectivity index (χ3n) is 2.52. The molecule has 88 valence electrons. The number of nitrogens with zero attached hydrogens (tertiary/aromatic N) is 1. The van der Waals surface area contributed by atoms with E-state index in [4.69, 9.17) is 0 Å². The topological polar surface area (TPSA) is 24.9 Å². The Kier molecular flexibility index (Phi) is 3.32. The van der Waals surface area contributed by atoms with Crippen molar-refractivity contribution in [3.05, 3.63) is 59.4 Å². The lowest BCUT2D eigenvalue weighted by Gasteiger charge is -2.09. The molecule has 0 aliphatic heterocycles. The Morgan fingerprint density at radius 1 is 1.24 bits per heavy atom. The standard InChI is InChI=1S/C13H12F2N2/c1-9-10(3-2-6-16-9)8-17-13-5-4-11(14)7-12(13)15/h2-7,17H,8H2,1H3. The van der Waals surface area contributed by atoms with Crippen molar-refractivity contribution in [1.82, 2.24) is 4.98 Å². The van der Waals surface area contributed by atoms with Gasteiger partial charge in [-0.15, -0.1) is 0 Å². The highest BCUT2D eigenvalue weighted by molar-refractivity contribution is 5.45. The van der Waals surface area contributed by atoms with Gasteiger partial charge in [-0.2, -0.15) is 0 Å². The summed E-state index contributed by atoms with van der Waals surface area (Å²) in [7, 11) is 0. The van der Waals surface area contributed by atoms with Crippen molar-refractivity contribution in [2.75, 3.05) is 5.32 Å². The molecular weight excluding hydrogens is 222 g/mol. The Balaban J connectivity index is 2.10. The summed E-state index contributed by atoms with van der Waals surface area (Å²) in [5.74, 6) is -1.17. The van der Waals surface area contributed by atoms with Gasteiger partial charge in [0, 0.05) is 24.5 Å². The zero-order valence-corrected chi connectivity index (χ0v) is 9.37. The summed E-state index contributed by atoms with van der Waals surface area (Å²) in [6.45, 7) is 2.35. The maximum atomic E-state index is 13.3. The number of anilines is 1. The van der Waals surface area contributed by atoms with Crippen LogP contribution in [0.3, 0.4) is 0 Å². The van der Waals surface area contributed by atoms with Crippen molar-refractivity contribution in [1.29, 1.82) is 0 Å². The molecule has 1 aromatic heterocycles. The van der Waals surface area contributed by atoms with Crippen LogP contribution in [0.2, 0.25) is 0 Å². The van der Waals surface area contributed by atoms with E-state index in [1.165, 1.54) is 12.1 Å². The maximum absolute atomic E-state index is 13.3. The number of hydrogen-bond acceptors (Lipinski definition) is 2. The second-order valence-electron chi connectivity index (χ2n) is 3.73. The van der Waals surface area contributed by atoms with E-state index in [0.29, 0.717) is 6.54 Å². The van der Waals surface area contributed by atoms with E-state index in [0.717, 1.165) is 17.3 Å². The van der Waals surface area contributed by atoms with Gasteiger partial charge < -0.3 is 5.32 Å². The Hall–Kier alpha value is -1.97. The van der Waals surface area contributed by atoms with E-state index in [1.54, 1.807) is 6.20 Å². The zero-order chi connectivity index (χ0) is 12.3. The highest BCUT2D eigenvalue weighted by atomic mass is 19.1. The second kappa shape index (κ2) is 4.91. The fraction of sp³-hybridized carbons (Fsp3) is 0.154. The molecule has 0 aliphatic rings. The maximum Gasteiger partial charge on any atom is 0.149 e. The highest BCUT2D eigenvalue weighted by Gasteiger charge is 2.04. The molecule has 0 aliphatic carbocycles. The molecular formula is C13H12F2N2. The molecule has 1 aromatic carbocycles. The van der Waals surface area contributed by atoms with Gasteiger partial charge in [0.05, 0.1) is 5.69 Å². The van der Waals surface area contributed by atoms with Crippen molar-refractivity contribution >= 4 is 5.69 Å². The summed E-state index contributed by atoms with van der Waals surface area (Å²) < 4.78 is 26.0. The average molecular weight is 234 g/mol. The van der Waals surface area contributed by atoms with E-state index in [2.05, 4.69) is 10.3 Å². The van der Waals surface area contributed by atoms with Crippen LogP contribution in [0.15, 0.2) is 36.5 Å². The van der Waals surface area contributed by atoms with E-state index < -0.39 is 11.6 Å². The van der Waals surface area contributed by atoms with Gasteiger partial charge >= 0.3 is 0 Å². The van der Waals surface area contributed by atoms with Crippen LogP contribution in [0.4, 0.5) is 14.5 Å². The molecule has 0 spiro atoms. The van der Waals surface area contributed by atoms with Crippen LogP contribution in [0.5, 0.6) is 0 Å². The summed E-state index contributed by atoms with van der Waals surface area (Å²) in [4.78, 5) is 4.13. The van der Waals surface area contributed by atoms with Gasteiger partial charge in [-0.3, -0.25) is 4.98 Å². The van der Waals surface area contributed by atoms with Crippen LogP contribution >= 0.6 is 0 Å². The van der Waals surface area contributed by atoms with Gasteiger partial charge in [-0.25, -0.2) is 8.78 Å². The second-order valence-corrected chi connectivity index (χ2v) is 3.73. The first-order valence-electron chi connectivity index (χ1n) is 5.26. The van der Waals surface area contributed by atoms with Crippen LogP contribution in [-0.4, -0.2) is 4.98 Å². The Bertz CT molecular complexity index is 527. The van der Waals surface area contributed by atoms with Crippen LogP contribution in [0, 0.1) is 18.6 Å². The number of pyridine rings is 1. The first-order chi connectivity index (χ1) is 8.16. The average Bonchev–Trinajstić information content (AvgIpc) is 2.30. The van der Waals surface area contributed by atoms with Crippen LogP contribution in [0.25, 0.3) is 0 Å². The smallest absolute Gasteiger partial charge is 0.149 e. The molecule has 0 radical (unpaired) electrons. The van der Waals surface area contributed by atoms with Crippen molar-refractivity contribution in [3.8, 4) is 0 Å². The van der Waals surface area contributed by atoms with Gasteiger partial charge in [0.1, 0.15) is 11.6 Å². The number of halogens is 2. The minimum absolute atomic E-state index is 0.287. The van der Waals surface area contributed by atoms with Crippen molar-refractivity contribution in [2.45, 2.75) is 13.5 Å². The number of rotatable bonds is 3. The van der Waals surface area contributed by atoms with Gasteiger partial charge in [0.2, 0.25) is 0 Å². The lowest BCUT2D eigenvalue weighted by atomic mass is 10.2. The molecule has 1 heterocycles. The van der Waals surface area contributed by atoms with Crippen LogP contribution < -0.4 is 5.32 Å². The number of nitrogens with one attached hydrogen (secondary N) is 1. The number of aryl methyl sites for hydroxylation is 1. The minimum Gasteiger partial charge on any atom is -0.379 e. The fourth-order valence-corrected chi connectivity index (χ4v) is 1.53. The van der Waals surface area contributed by atoms with E-state index in [-0.39, 0.29) is 5.69 Å². The fourth-order valence-electron chi connectivity index (χ4n) is 1.53. The predicted molar refractivity (Wildman–Crippen MR) is 62.7 cm³/mol. The minimum atomic E-state index is -0.591. The highest BCUT2D eigenvalue weighted by Crippen LogP contribution is 2.16. The molecule has 1 N–H and O–H groups in total. The van der Waals surface area contributed by atoms with Gasteiger partial charge in [0.25, 0.3) is 0 Å². The van der Waals surface area contributed by atoms with Gasteiger partial charge in [-0.05, 0) is 30.7 Å². The Morgan fingerprint density at radius 3 is 2.76 bits per heavy atom. The van der Waals surface area contributed by atoms with E-state index in [9.17, 15) is 8.78 Å². The van der Waals surface area contributed by atoms with Gasteiger partial charge in [-0.1, -0.05) is 6.07 Å². The third-order valence-corrected chi connectivity index (χ3v) is 2.52. The molecule has 2 aromatic rings. The van der Waals surface area contributed by atoms with E-state index >= 15 is 0 Å². The molecule has 0 saturated heterocycles. The molecule has 2 nitrogen and oxygen atoms in total. The lowest BCUT2D eigenvalue weighted by molar-refractivity contribution is 0.585. The number of aromatic nitrogens is 1. The quantitative estimate of drug-likeness (QED) is 0.881. The number of hydrogen-bond donors (Lipinski definition) is 1. The Morgan fingerprint density at radius 2 is 2.06 bits per heavy atom. The van der Waals surface area contributed by atoms with E-state index in [1.807, 2.05) is 19.1 Å². The van der Waals surface area contributed by atoms with Crippen LogP contribution in [0.1, 0.15) is 11.3 Å². The molecule has 17 heavy (non-hydrogen) atoms. The number of benzene rings is 1. The normalized spacial score (nSPS) is 10.3. The SMILES string of the molecule is Cc1ncccc1CNc1ccc(F)cc1F. The largest absolute Gasteiger partial charge is 0.379 e. The summed E-state index contributed by atoms with van der Waals surface area (Å²) in [5, 5.41) is 2.92. The van der Waals surface area contributed by atoms with Crippen molar-refractivity contribution in [2.24, 2.45) is 0 Å². The molecule has 0 saturated carbocycles. The van der Waals surface area contributed by atoms with Crippen molar-refractivity contribution < 1.29 is 8.78 Å². The summed E-state index contributed by atoms with van der Waals surface area (Å²) in [6.07, 6.45) is 1.71. The molecule has 0 atom stereocenters. The van der Waals surface area contributed by atoms with Gasteiger partial charge in [0.15, 0.2) is 0 Å². The first kappa shape index (κ1) is 11.5. The third kappa shape index (κ3) is 2.78. The molecule has 0 amide bonds. The molecule has 4 heteroatoms. The Labute approximate surface area is 98.3 Å². The lowest BCUT2D eigenvalue weighted by Crippen LogP contribution is -2.04. The monoisotopic (exact) mass is 234 g/mol. The molecule has 0 fully saturated rings. The molecule has 2 rings (SSSR count). The molecule has 0 unspecified atom stereocenters. The first-order valence-corrected chi connectivity index (χ1v) is 5.26. The van der Waals surface area contributed by atoms with Crippen LogP contribution in [-0.2, 0) is 6.54 Å². The summed E-state index contributed by atoms with van der Waals surface area (Å²) in [6, 6.07) is 7.21. The molecule has 0 bridgehead atoms. The summed E-state index contributed by atoms with van der Waals surface area (Å²) >= 11 is 0. The zero-order valence-electron chi connectivity index (χ0n) is 9.37. The summed E-state index contributed by atoms with van der Waals surface area (Å²) in [5.41, 5.74) is 2.16. The van der Waals surface area contributed by atoms with Crippen molar-refractivity contribution in [3.63, 3.8) is 0 Å².